The first kappa shape index (κ1) is 11.5. The zero-order chi connectivity index (χ0) is 10.9. The second kappa shape index (κ2) is 4.31. The summed E-state index contributed by atoms with van der Waals surface area (Å²) in [4.78, 5) is 0. The largest absolute Gasteiger partial charge is 0.393 e. The van der Waals surface area contributed by atoms with E-state index in [9.17, 15) is 13.2 Å². The predicted octanol–water partition coefficient (Wildman–Crippen LogP) is 2.79. The van der Waals surface area contributed by atoms with Crippen molar-refractivity contribution >= 4 is 15.9 Å². The fourth-order valence-corrected chi connectivity index (χ4v) is 1.44. The molecule has 0 aliphatic rings. The zero-order valence-electron chi connectivity index (χ0n) is 7.32. The summed E-state index contributed by atoms with van der Waals surface area (Å²) in [6, 6.07) is 0.588. The Hall–Kier alpha value is -0.550. The van der Waals surface area contributed by atoms with Crippen LogP contribution in [0.2, 0.25) is 0 Å². The van der Waals surface area contributed by atoms with Gasteiger partial charge in [-0.3, -0.25) is 0 Å². The zero-order valence-corrected chi connectivity index (χ0v) is 8.91. The first-order chi connectivity index (χ1) is 6.43. The molecule has 0 heterocycles. The minimum Gasteiger partial charge on any atom is -0.393 e. The van der Waals surface area contributed by atoms with Crippen molar-refractivity contribution in [2.24, 2.45) is 0 Å². The Morgan fingerprint density at radius 1 is 1.36 bits per heavy atom. The molecular weight excluding hydrogens is 261 g/mol. The minimum absolute atomic E-state index is 0.184. The Morgan fingerprint density at radius 2 is 1.93 bits per heavy atom. The summed E-state index contributed by atoms with van der Waals surface area (Å²) >= 11 is 2.66. The maximum atomic E-state index is 13.2. The quantitative estimate of drug-likeness (QED) is 0.646. The van der Waals surface area contributed by atoms with Crippen LogP contribution in [-0.4, -0.2) is 11.2 Å². The van der Waals surface area contributed by atoms with Gasteiger partial charge in [-0.05, 0) is 22.9 Å². The molecule has 5 heteroatoms. The van der Waals surface area contributed by atoms with Crippen LogP contribution >= 0.6 is 15.9 Å². The standard InChI is InChI=1S/C9H8BrF3O/c1-4(14)2-5-6(11)3-7(12)8(10)9(5)13/h3-4,14H,2H2,1H3. The van der Waals surface area contributed by atoms with Crippen molar-refractivity contribution in [1.82, 2.24) is 0 Å². The number of halogens is 4. The van der Waals surface area contributed by atoms with Crippen LogP contribution in [0.15, 0.2) is 10.5 Å². The summed E-state index contributed by atoms with van der Waals surface area (Å²) in [5.41, 5.74) is -0.312. The lowest BCUT2D eigenvalue weighted by molar-refractivity contribution is 0.192. The van der Waals surface area contributed by atoms with Crippen molar-refractivity contribution in [1.29, 1.82) is 0 Å². The normalized spacial score (nSPS) is 13.0. The number of aliphatic hydroxyl groups excluding tert-OH is 1. The molecule has 0 radical (unpaired) electrons. The Bertz CT molecular complexity index is 352. The summed E-state index contributed by atoms with van der Waals surface area (Å²) in [7, 11) is 0. The third-order valence-corrected chi connectivity index (χ3v) is 2.44. The lowest BCUT2D eigenvalue weighted by atomic mass is 10.1. The van der Waals surface area contributed by atoms with E-state index in [-0.39, 0.29) is 12.0 Å². The van der Waals surface area contributed by atoms with Crippen molar-refractivity contribution in [2.45, 2.75) is 19.4 Å². The molecule has 1 aromatic rings. The highest BCUT2D eigenvalue weighted by Gasteiger charge is 2.17. The van der Waals surface area contributed by atoms with Gasteiger partial charge in [0, 0.05) is 18.1 Å². The lowest BCUT2D eigenvalue weighted by Gasteiger charge is -2.08. The van der Waals surface area contributed by atoms with Gasteiger partial charge >= 0.3 is 0 Å². The Morgan fingerprint density at radius 3 is 2.43 bits per heavy atom. The number of hydrogen-bond donors (Lipinski definition) is 1. The van der Waals surface area contributed by atoms with Gasteiger partial charge in [0.2, 0.25) is 0 Å². The molecule has 14 heavy (non-hydrogen) atoms. The summed E-state index contributed by atoms with van der Waals surface area (Å²) in [6.07, 6.45) is -1.06. The van der Waals surface area contributed by atoms with Gasteiger partial charge in [-0.25, -0.2) is 13.2 Å². The molecule has 78 valence electrons. The molecule has 1 atom stereocenters. The van der Waals surface area contributed by atoms with Gasteiger partial charge in [-0.15, -0.1) is 0 Å². The number of rotatable bonds is 2. The second-order valence-electron chi connectivity index (χ2n) is 3.00. The summed E-state index contributed by atoms with van der Waals surface area (Å²) in [6.45, 7) is 1.40. The number of hydrogen-bond acceptors (Lipinski definition) is 1. The van der Waals surface area contributed by atoms with Crippen LogP contribution in [-0.2, 0) is 6.42 Å². The van der Waals surface area contributed by atoms with Crippen LogP contribution in [0.1, 0.15) is 12.5 Å². The van der Waals surface area contributed by atoms with Crippen LogP contribution in [0.5, 0.6) is 0 Å². The van der Waals surface area contributed by atoms with Crippen LogP contribution in [0.4, 0.5) is 13.2 Å². The molecule has 1 nitrogen and oxygen atoms in total. The third kappa shape index (κ3) is 2.27. The molecule has 0 spiro atoms. The van der Waals surface area contributed by atoms with Crippen molar-refractivity contribution in [3.8, 4) is 0 Å². The molecule has 0 bridgehead atoms. The highest BCUT2D eigenvalue weighted by molar-refractivity contribution is 9.10. The molecule has 1 N–H and O–H groups in total. The molecule has 1 rings (SSSR count). The van der Waals surface area contributed by atoms with E-state index >= 15 is 0 Å². The van der Waals surface area contributed by atoms with Crippen molar-refractivity contribution in [2.75, 3.05) is 0 Å². The van der Waals surface area contributed by atoms with Gasteiger partial charge in [-0.1, -0.05) is 0 Å². The molecule has 0 amide bonds. The summed E-state index contributed by atoms with van der Waals surface area (Å²) in [5, 5.41) is 8.97. The molecular formula is C9H8BrF3O. The van der Waals surface area contributed by atoms with Crippen LogP contribution < -0.4 is 0 Å². The van der Waals surface area contributed by atoms with Crippen LogP contribution in [0.3, 0.4) is 0 Å². The van der Waals surface area contributed by atoms with E-state index in [1.165, 1.54) is 6.92 Å². The first-order valence-electron chi connectivity index (χ1n) is 3.93. The van der Waals surface area contributed by atoms with Gasteiger partial charge in [0.25, 0.3) is 0 Å². The minimum atomic E-state index is -0.997. The van der Waals surface area contributed by atoms with Crippen LogP contribution in [0, 0.1) is 17.5 Å². The van der Waals surface area contributed by atoms with Gasteiger partial charge in [0.1, 0.15) is 17.5 Å². The van der Waals surface area contributed by atoms with Crippen molar-refractivity contribution < 1.29 is 18.3 Å². The topological polar surface area (TPSA) is 20.2 Å². The van der Waals surface area contributed by atoms with Crippen molar-refractivity contribution in [3.63, 3.8) is 0 Å². The van der Waals surface area contributed by atoms with E-state index in [0.717, 1.165) is 0 Å². The van der Waals surface area contributed by atoms with Gasteiger partial charge < -0.3 is 5.11 Å². The van der Waals surface area contributed by atoms with Crippen LogP contribution in [0.25, 0.3) is 0 Å². The fourth-order valence-electron chi connectivity index (χ4n) is 1.09. The van der Waals surface area contributed by atoms with E-state index in [4.69, 9.17) is 5.11 Å². The van der Waals surface area contributed by atoms with Gasteiger partial charge in [-0.2, -0.15) is 0 Å². The number of aliphatic hydroxyl groups is 1. The number of benzene rings is 1. The maximum Gasteiger partial charge on any atom is 0.146 e. The molecule has 0 saturated carbocycles. The first-order valence-corrected chi connectivity index (χ1v) is 4.72. The fraction of sp³-hybridized carbons (Fsp3) is 0.333. The second-order valence-corrected chi connectivity index (χ2v) is 3.79. The van der Waals surface area contributed by atoms with Gasteiger partial charge in [0.15, 0.2) is 0 Å². The van der Waals surface area contributed by atoms with E-state index in [2.05, 4.69) is 15.9 Å². The van der Waals surface area contributed by atoms with E-state index in [1.54, 1.807) is 0 Å². The molecule has 0 aliphatic heterocycles. The molecule has 0 aromatic heterocycles. The van der Waals surface area contributed by atoms with E-state index in [1.807, 2.05) is 0 Å². The Balaban J connectivity index is 3.22. The molecule has 0 fully saturated rings. The third-order valence-electron chi connectivity index (χ3n) is 1.71. The Kier molecular flexibility index (Phi) is 3.55. The monoisotopic (exact) mass is 268 g/mol. The van der Waals surface area contributed by atoms with E-state index in [0.29, 0.717) is 6.07 Å². The lowest BCUT2D eigenvalue weighted by Crippen LogP contribution is -2.09. The average Bonchev–Trinajstić information content (AvgIpc) is 2.09. The summed E-state index contributed by atoms with van der Waals surface area (Å²) in [5.74, 6) is -2.97. The molecule has 1 aromatic carbocycles. The van der Waals surface area contributed by atoms with E-state index < -0.39 is 28.0 Å². The predicted molar refractivity (Wildman–Crippen MR) is 49.4 cm³/mol. The molecule has 0 aliphatic carbocycles. The Labute approximate surface area is 87.7 Å². The molecule has 0 saturated heterocycles. The summed E-state index contributed by atoms with van der Waals surface area (Å²) < 4.78 is 38.6. The highest BCUT2D eigenvalue weighted by Crippen LogP contribution is 2.25. The highest BCUT2D eigenvalue weighted by atomic mass is 79.9. The van der Waals surface area contributed by atoms with Crippen molar-refractivity contribution in [3.05, 3.63) is 33.6 Å². The SMILES string of the molecule is CC(O)Cc1c(F)cc(F)c(Br)c1F. The smallest absolute Gasteiger partial charge is 0.146 e. The molecule has 1 unspecified atom stereocenters. The average molecular weight is 269 g/mol. The maximum absolute atomic E-state index is 13.2. The van der Waals surface area contributed by atoms with Gasteiger partial charge in [0.05, 0.1) is 10.6 Å².